The Morgan fingerprint density at radius 3 is 1.44 bits per heavy atom. The molecule has 0 spiro atoms. The molecule has 1 aromatic rings. The fraction of sp³-hybridized carbons (Fsp3) is 0.679. The molecular weight excluding hydrogens is 1130 g/mol. The van der Waals surface area contributed by atoms with Crippen molar-refractivity contribution in [1.29, 1.82) is 5.41 Å². The van der Waals surface area contributed by atoms with Gasteiger partial charge < -0.3 is 103 Å². The van der Waals surface area contributed by atoms with Gasteiger partial charge in [0.1, 0.15) is 60.6 Å². The number of nitrogens with two attached hydrogens (primary N) is 6. The molecule has 0 fully saturated rings. The van der Waals surface area contributed by atoms with E-state index >= 15 is 0 Å². The van der Waals surface area contributed by atoms with Gasteiger partial charge in [-0.15, -0.1) is 0 Å². The minimum absolute atomic E-state index is 0.0439. The van der Waals surface area contributed by atoms with E-state index in [0.29, 0.717) is 12.0 Å². The zero-order valence-electron chi connectivity index (χ0n) is 51.4. The predicted molar refractivity (Wildman–Crippen MR) is 322 cm³/mol. The third-order valence-corrected chi connectivity index (χ3v) is 13.6. The van der Waals surface area contributed by atoms with Crippen LogP contribution in [0.25, 0.3) is 0 Å². The number of aliphatic hydroxyl groups excluding tert-OH is 2. The standard InChI is InChI=1S/C56H99N17O14/c1-29(2)25-38(46(61)77)69-53(84)41(28-87-8)72-51(82)40(27-33-15-10-9-11-16-33)71-48(79)35(18-14-24-64-56(62)63)65-47(78)34(17-12-13-23-57)68-55(86)45(32(7)74)73-52(83)39(26-30(3)4)70-50(81)36(19-21-42(58)75)66-49(80)37(20-22-43(59)76)67-54(85)44(60)31(5)6/h9-11,15-16,29-32,34-42,44-45,74-75H,12-14,17-28,57-58,60H2,1-8H3,(H2,59,76)(H2,61,77)(H,65,78)(H,66,80)(H,67,85)(H,68,86)(H,69,84)(H,70,81)(H,71,79)(H,72,82)(H,73,83)(H4,62,63,64)/t32-,34+,35+,36+,37+,38+,39+,40+,41+,42?,44+,45+/m1/s1. The number of rotatable bonds is 43. The number of hydrogen-bond acceptors (Lipinski definition) is 18. The van der Waals surface area contributed by atoms with Crippen molar-refractivity contribution < 1.29 is 67.7 Å². The maximum atomic E-state index is 14.5. The van der Waals surface area contributed by atoms with Gasteiger partial charge in [0.15, 0.2) is 5.96 Å². The summed E-state index contributed by atoms with van der Waals surface area (Å²) in [6.45, 7) is 11.5. The van der Waals surface area contributed by atoms with Crippen molar-refractivity contribution in [2.45, 2.75) is 198 Å². The van der Waals surface area contributed by atoms with Crippen LogP contribution < -0.4 is 87.6 Å². The summed E-state index contributed by atoms with van der Waals surface area (Å²) in [5, 5.41) is 54.3. The quantitative estimate of drug-likeness (QED) is 0.0126. The molecule has 0 aliphatic heterocycles. The Labute approximate surface area is 508 Å². The molecule has 11 amide bonds. The van der Waals surface area contributed by atoms with Crippen molar-refractivity contribution in [1.82, 2.24) is 53.2 Å². The lowest BCUT2D eigenvalue weighted by molar-refractivity contribution is -0.137. The van der Waals surface area contributed by atoms with Gasteiger partial charge in [-0.05, 0) is 101 Å². The van der Waals surface area contributed by atoms with E-state index < -0.39 is 138 Å². The SMILES string of the molecule is COC[C@H](NC(=O)[C@H](Cc1ccccc1)NC(=O)[C@H](CCCNC(=N)N)NC(=O)[C@H](CCCCN)NC(=O)[C@@H](NC(=O)[C@H](CC(C)C)NC(=O)[C@H](CCC(N)O)NC(=O)[C@H](CCC(N)=O)NC(=O)[C@@H](N)C(C)C)[C@@H](C)O)C(=O)N[C@@H](CC(C)C)C(N)=O. The molecule has 0 saturated carbocycles. The van der Waals surface area contributed by atoms with Gasteiger partial charge in [0, 0.05) is 26.5 Å². The number of primary amides is 2. The van der Waals surface area contributed by atoms with Crippen molar-refractivity contribution in [3.8, 4) is 0 Å². The molecule has 1 aromatic carbocycles. The maximum absolute atomic E-state index is 14.5. The molecule has 0 aromatic heterocycles. The van der Waals surface area contributed by atoms with Crippen molar-refractivity contribution in [3.05, 3.63) is 35.9 Å². The van der Waals surface area contributed by atoms with Crippen LogP contribution in [0.1, 0.15) is 125 Å². The topological polar surface area (TPSA) is 538 Å². The number of benzene rings is 1. The zero-order chi connectivity index (χ0) is 66.1. The number of amides is 11. The first kappa shape index (κ1) is 77.4. The first-order valence-electron chi connectivity index (χ1n) is 29.3. The van der Waals surface area contributed by atoms with Gasteiger partial charge in [-0.1, -0.05) is 71.9 Å². The van der Waals surface area contributed by atoms with E-state index in [2.05, 4.69) is 53.2 Å². The summed E-state index contributed by atoms with van der Waals surface area (Å²) in [6, 6.07) is -5.47. The number of aliphatic hydroxyl groups is 2. The second-order valence-electron chi connectivity index (χ2n) is 22.7. The first-order chi connectivity index (χ1) is 40.8. The normalized spacial score (nSPS) is 15.4. The molecule has 12 atom stereocenters. The highest BCUT2D eigenvalue weighted by Gasteiger charge is 2.37. The van der Waals surface area contributed by atoms with E-state index in [0.717, 1.165) is 0 Å². The number of methoxy groups -OCH3 is 1. The first-order valence-corrected chi connectivity index (χ1v) is 29.3. The second kappa shape index (κ2) is 40.7. The van der Waals surface area contributed by atoms with Crippen LogP contribution in [0.4, 0.5) is 0 Å². The molecule has 25 N–H and O–H groups in total. The van der Waals surface area contributed by atoms with Crippen molar-refractivity contribution >= 4 is 70.9 Å². The number of hydrogen-bond donors (Lipinski definition) is 19. The molecule has 0 bridgehead atoms. The summed E-state index contributed by atoms with van der Waals surface area (Å²) in [7, 11) is 1.29. The van der Waals surface area contributed by atoms with Crippen LogP contribution in [0.15, 0.2) is 30.3 Å². The van der Waals surface area contributed by atoms with E-state index in [1.54, 1.807) is 58.0 Å². The van der Waals surface area contributed by atoms with Crippen LogP contribution in [-0.2, 0) is 63.9 Å². The van der Waals surface area contributed by atoms with Gasteiger partial charge in [0.05, 0.1) is 18.8 Å². The Morgan fingerprint density at radius 2 is 0.954 bits per heavy atom. The summed E-state index contributed by atoms with van der Waals surface area (Å²) in [5.41, 5.74) is 34.4. The molecule has 31 heteroatoms. The second-order valence-corrected chi connectivity index (χ2v) is 22.7. The van der Waals surface area contributed by atoms with Crippen molar-refractivity contribution in [2.75, 3.05) is 26.8 Å². The van der Waals surface area contributed by atoms with Crippen molar-refractivity contribution in [2.24, 2.45) is 52.2 Å². The molecule has 492 valence electrons. The van der Waals surface area contributed by atoms with Crippen LogP contribution in [0, 0.1) is 23.2 Å². The lowest BCUT2D eigenvalue weighted by Gasteiger charge is -2.29. The molecule has 87 heavy (non-hydrogen) atoms. The summed E-state index contributed by atoms with van der Waals surface area (Å²) < 4.78 is 5.23. The monoisotopic (exact) mass is 1230 g/mol. The Bertz CT molecular complexity index is 2400. The van der Waals surface area contributed by atoms with Crippen LogP contribution >= 0.6 is 0 Å². The summed E-state index contributed by atoms with van der Waals surface area (Å²) >= 11 is 0. The van der Waals surface area contributed by atoms with Crippen LogP contribution in [-0.4, -0.2) is 181 Å². The largest absolute Gasteiger partial charge is 0.391 e. The Hall–Kier alpha value is -7.58. The van der Waals surface area contributed by atoms with Gasteiger partial charge in [-0.3, -0.25) is 58.1 Å². The molecule has 0 aliphatic rings. The number of carbonyl (C=O) groups excluding carboxylic acids is 11. The highest BCUT2D eigenvalue weighted by atomic mass is 16.5. The van der Waals surface area contributed by atoms with Gasteiger partial charge >= 0.3 is 0 Å². The Kier molecular flexibility index (Phi) is 36.3. The summed E-state index contributed by atoms with van der Waals surface area (Å²) in [6.07, 6.45) is -3.75. The van der Waals surface area contributed by atoms with Crippen LogP contribution in [0.5, 0.6) is 0 Å². The number of guanidine groups is 1. The van der Waals surface area contributed by atoms with E-state index in [1.807, 2.05) is 13.8 Å². The predicted octanol–water partition coefficient (Wildman–Crippen LogP) is -5.10. The average molecular weight is 1230 g/mol. The van der Waals surface area contributed by atoms with Crippen LogP contribution in [0.2, 0.25) is 0 Å². The zero-order valence-corrected chi connectivity index (χ0v) is 51.4. The average Bonchev–Trinajstić information content (AvgIpc) is 3.23. The fourth-order valence-corrected chi connectivity index (χ4v) is 8.68. The smallest absolute Gasteiger partial charge is 0.245 e. The molecule has 1 unspecified atom stereocenters. The molecular formula is C56H99N17O14. The van der Waals surface area contributed by atoms with Gasteiger partial charge in [0.25, 0.3) is 0 Å². The lowest BCUT2D eigenvalue weighted by Crippen LogP contribution is -2.62. The molecule has 0 saturated heterocycles. The molecule has 31 nitrogen and oxygen atoms in total. The van der Waals surface area contributed by atoms with E-state index in [4.69, 9.17) is 44.5 Å². The Morgan fingerprint density at radius 1 is 0.517 bits per heavy atom. The highest BCUT2D eigenvalue weighted by molar-refractivity contribution is 5.99. The minimum atomic E-state index is -1.79. The maximum Gasteiger partial charge on any atom is 0.245 e. The van der Waals surface area contributed by atoms with E-state index in [9.17, 15) is 63.0 Å². The molecule has 1 rings (SSSR count). The van der Waals surface area contributed by atoms with Crippen LogP contribution in [0.3, 0.4) is 0 Å². The minimum Gasteiger partial charge on any atom is -0.391 e. The van der Waals surface area contributed by atoms with Gasteiger partial charge in [0.2, 0.25) is 65.0 Å². The van der Waals surface area contributed by atoms with E-state index in [-0.39, 0.29) is 114 Å². The van der Waals surface area contributed by atoms with Gasteiger partial charge in [-0.2, -0.15) is 0 Å². The highest BCUT2D eigenvalue weighted by Crippen LogP contribution is 2.13. The molecule has 0 radical (unpaired) electrons. The number of nitrogens with one attached hydrogen (secondary N) is 11. The molecule has 0 aliphatic carbocycles. The lowest BCUT2D eigenvalue weighted by atomic mass is 10.0. The fourth-order valence-electron chi connectivity index (χ4n) is 8.68. The summed E-state index contributed by atoms with van der Waals surface area (Å²) in [4.78, 5) is 150. The van der Waals surface area contributed by atoms with Crippen molar-refractivity contribution in [3.63, 3.8) is 0 Å². The third kappa shape index (κ3) is 31.1. The summed E-state index contributed by atoms with van der Waals surface area (Å²) in [5.74, 6) is -10.8. The Balaban J connectivity index is 3.67. The van der Waals surface area contributed by atoms with E-state index in [1.165, 1.54) is 14.0 Å². The van der Waals surface area contributed by atoms with Gasteiger partial charge in [-0.25, -0.2) is 0 Å². The number of ether oxygens (including phenoxy) is 1. The number of unbranched alkanes of at least 4 members (excludes halogenated alkanes) is 1. The number of carbonyl (C=O) groups is 11. The third-order valence-electron chi connectivity index (χ3n) is 13.6. The molecule has 0 heterocycles.